The summed E-state index contributed by atoms with van der Waals surface area (Å²) in [5, 5.41) is 10.9. The lowest BCUT2D eigenvalue weighted by Crippen LogP contribution is -2.44. The van der Waals surface area contributed by atoms with Crippen LogP contribution in [0.25, 0.3) is 0 Å². The van der Waals surface area contributed by atoms with E-state index < -0.39 is 23.9 Å². The molecule has 0 fully saturated rings. The lowest BCUT2D eigenvalue weighted by Gasteiger charge is -2.19. The molecule has 0 aromatic heterocycles. The summed E-state index contributed by atoms with van der Waals surface area (Å²) in [5.41, 5.74) is 0.373. The third-order valence-electron chi connectivity index (χ3n) is 2.42. The zero-order chi connectivity index (χ0) is 13.7. The van der Waals surface area contributed by atoms with E-state index in [9.17, 15) is 14.0 Å². The summed E-state index contributed by atoms with van der Waals surface area (Å²) in [7, 11) is 1.47. The standard InChI is InChI=1S/C12H15FN2O3/c1-8(11(16)17)14-12(18)15(2)7-9-5-3-4-6-10(9)13/h3-6,8H,7H2,1-2H3,(H,14,18)(H,16,17)/t8-/m1/s1. The number of carboxylic acid groups (broad SMARTS) is 1. The normalized spacial score (nSPS) is 11.7. The fourth-order valence-corrected chi connectivity index (χ4v) is 1.31. The summed E-state index contributed by atoms with van der Waals surface area (Å²) >= 11 is 0. The maximum Gasteiger partial charge on any atom is 0.325 e. The smallest absolute Gasteiger partial charge is 0.325 e. The molecule has 0 aliphatic rings. The Morgan fingerprint density at radius 1 is 1.44 bits per heavy atom. The molecule has 2 N–H and O–H groups in total. The first-order chi connectivity index (χ1) is 8.41. The van der Waals surface area contributed by atoms with Crippen LogP contribution in [0.4, 0.5) is 9.18 Å². The number of rotatable bonds is 4. The molecule has 18 heavy (non-hydrogen) atoms. The van der Waals surface area contributed by atoms with Crippen LogP contribution in [0, 0.1) is 5.82 Å². The van der Waals surface area contributed by atoms with Crippen LogP contribution < -0.4 is 5.32 Å². The molecular formula is C12H15FN2O3. The van der Waals surface area contributed by atoms with Gasteiger partial charge in [-0.05, 0) is 13.0 Å². The number of amides is 2. The molecule has 1 rings (SSSR count). The van der Waals surface area contributed by atoms with E-state index in [1.807, 2.05) is 0 Å². The number of nitrogens with one attached hydrogen (secondary N) is 1. The second-order valence-electron chi connectivity index (χ2n) is 3.96. The molecule has 0 radical (unpaired) electrons. The zero-order valence-electron chi connectivity index (χ0n) is 10.2. The van der Waals surface area contributed by atoms with Gasteiger partial charge < -0.3 is 15.3 Å². The van der Waals surface area contributed by atoms with Crippen LogP contribution >= 0.6 is 0 Å². The summed E-state index contributed by atoms with van der Waals surface area (Å²) in [6.45, 7) is 1.43. The molecule has 1 aromatic rings. The molecule has 98 valence electrons. The van der Waals surface area contributed by atoms with E-state index in [1.165, 1.54) is 24.9 Å². The summed E-state index contributed by atoms with van der Waals surface area (Å²) in [5.74, 6) is -1.52. The van der Waals surface area contributed by atoms with E-state index in [2.05, 4.69) is 5.32 Å². The highest BCUT2D eigenvalue weighted by Gasteiger charge is 2.17. The highest BCUT2D eigenvalue weighted by molar-refractivity contribution is 5.82. The van der Waals surface area contributed by atoms with Crippen molar-refractivity contribution in [3.8, 4) is 0 Å². The van der Waals surface area contributed by atoms with E-state index in [0.717, 1.165) is 0 Å². The molecule has 6 heteroatoms. The first-order valence-electron chi connectivity index (χ1n) is 5.39. The SMILES string of the molecule is C[C@@H](NC(=O)N(C)Cc1ccccc1F)C(=O)O. The van der Waals surface area contributed by atoms with Gasteiger partial charge in [-0.2, -0.15) is 0 Å². The second-order valence-corrected chi connectivity index (χ2v) is 3.96. The Labute approximate surface area is 104 Å². The monoisotopic (exact) mass is 254 g/mol. The maximum absolute atomic E-state index is 13.4. The summed E-state index contributed by atoms with van der Waals surface area (Å²) in [6, 6.07) is 4.56. The van der Waals surface area contributed by atoms with E-state index in [0.29, 0.717) is 5.56 Å². The predicted molar refractivity (Wildman–Crippen MR) is 63.5 cm³/mol. The van der Waals surface area contributed by atoms with Crippen LogP contribution in [-0.4, -0.2) is 35.1 Å². The molecule has 2 amide bonds. The molecule has 0 heterocycles. The lowest BCUT2D eigenvalue weighted by atomic mass is 10.2. The van der Waals surface area contributed by atoms with Crippen LogP contribution in [0.3, 0.4) is 0 Å². The Morgan fingerprint density at radius 2 is 2.06 bits per heavy atom. The molecule has 0 bridgehead atoms. The Kier molecular flexibility index (Phi) is 4.65. The summed E-state index contributed by atoms with van der Waals surface area (Å²) < 4.78 is 13.4. The third-order valence-corrected chi connectivity index (χ3v) is 2.42. The molecule has 0 saturated carbocycles. The van der Waals surface area contributed by atoms with Crippen LogP contribution in [0.1, 0.15) is 12.5 Å². The number of halogens is 1. The largest absolute Gasteiger partial charge is 0.480 e. The van der Waals surface area contributed by atoms with E-state index >= 15 is 0 Å². The maximum atomic E-state index is 13.4. The number of carbonyl (C=O) groups is 2. The minimum absolute atomic E-state index is 0.0743. The van der Waals surface area contributed by atoms with Crippen LogP contribution in [0.5, 0.6) is 0 Å². The van der Waals surface area contributed by atoms with Crippen LogP contribution in [0.15, 0.2) is 24.3 Å². The number of hydrogen-bond donors (Lipinski definition) is 2. The van der Waals surface area contributed by atoms with Gasteiger partial charge in [-0.1, -0.05) is 18.2 Å². The number of carboxylic acids is 1. The van der Waals surface area contributed by atoms with Crippen molar-refractivity contribution in [3.63, 3.8) is 0 Å². The Balaban J connectivity index is 2.60. The van der Waals surface area contributed by atoms with Gasteiger partial charge >= 0.3 is 12.0 Å². The molecule has 1 aromatic carbocycles. The first kappa shape index (κ1) is 14.0. The molecular weight excluding hydrogens is 239 g/mol. The fourth-order valence-electron chi connectivity index (χ4n) is 1.31. The molecule has 1 atom stereocenters. The highest BCUT2D eigenvalue weighted by atomic mass is 19.1. The number of carbonyl (C=O) groups excluding carboxylic acids is 1. The van der Waals surface area contributed by atoms with Gasteiger partial charge in [-0.25, -0.2) is 9.18 Å². The quantitative estimate of drug-likeness (QED) is 0.854. The van der Waals surface area contributed by atoms with Crippen LogP contribution in [-0.2, 0) is 11.3 Å². The summed E-state index contributed by atoms with van der Waals surface area (Å²) in [6.07, 6.45) is 0. The van der Waals surface area contributed by atoms with Crippen LogP contribution in [0.2, 0.25) is 0 Å². The van der Waals surface area contributed by atoms with Crippen molar-refractivity contribution in [2.24, 2.45) is 0 Å². The van der Waals surface area contributed by atoms with Crippen molar-refractivity contribution >= 4 is 12.0 Å². The fraction of sp³-hybridized carbons (Fsp3) is 0.333. The lowest BCUT2D eigenvalue weighted by molar-refractivity contribution is -0.138. The molecule has 0 unspecified atom stereocenters. The van der Waals surface area contributed by atoms with Crippen molar-refractivity contribution in [1.29, 1.82) is 0 Å². The Bertz CT molecular complexity index is 451. The summed E-state index contributed by atoms with van der Waals surface area (Å²) in [4.78, 5) is 23.4. The van der Waals surface area contributed by atoms with Gasteiger partial charge in [0, 0.05) is 19.2 Å². The van der Waals surface area contributed by atoms with Gasteiger partial charge in [0.2, 0.25) is 0 Å². The van der Waals surface area contributed by atoms with Crippen molar-refractivity contribution in [1.82, 2.24) is 10.2 Å². The molecule has 0 aliphatic carbocycles. The minimum atomic E-state index is -1.12. The van der Waals surface area contributed by atoms with E-state index in [4.69, 9.17) is 5.11 Å². The van der Waals surface area contributed by atoms with Crippen molar-refractivity contribution < 1.29 is 19.1 Å². The van der Waals surface area contributed by atoms with Crippen molar-refractivity contribution in [2.75, 3.05) is 7.05 Å². The number of nitrogens with zero attached hydrogens (tertiary/aromatic N) is 1. The Morgan fingerprint density at radius 3 is 2.61 bits per heavy atom. The van der Waals surface area contributed by atoms with Gasteiger partial charge in [0.15, 0.2) is 0 Å². The van der Waals surface area contributed by atoms with Crippen molar-refractivity contribution in [3.05, 3.63) is 35.6 Å². The number of aliphatic carboxylic acids is 1. The van der Waals surface area contributed by atoms with Gasteiger partial charge in [0.05, 0.1) is 0 Å². The molecule has 5 nitrogen and oxygen atoms in total. The van der Waals surface area contributed by atoms with E-state index in [1.54, 1.807) is 18.2 Å². The van der Waals surface area contributed by atoms with Gasteiger partial charge in [-0.3, -0.25) is 4.79 Å². The van der Waals surface area contributed by atoms with E-state index in [-0.39, 0.29) is 6.54 Å². The average Bonchev–Trinajstić information content (AvgIpc) is 2.31. The number of hydrogen-bond acceptors (Lipinski definition) is 2. The molecule has 0 saturated heterocycles. The Hall–Kier alpha value is -2.11. The third kappa shape index (κ3) is 3.73. The zero-order valence-corrected chi connectivity index (χ0v) is 10.2. The number of urea groups is 1. The molecule has 0 aliphatic heterocycles. The molecule has 0 spiro atoms. The highest BCUT2D eigenvalue weighted by Crippen LogP contribution is 2.08. The van der Waals surface area contributed by atoms with Gasteiger partial charge in [0.25, 0.3) is 0 Å². The average molecular weight is 254 g/mol. The van der Waals surface area contributed by atoms with Gasteiger partial charge in [0.1, 0.15) is 11.9 Å². The predicted octanol–water partition coefficient (Wildman–Crippen LogP) is 1.44. The first-order valence-corrected chi connectivity index (χ1v) is 5.39. The van der Waals surface area contributed by atoms with Crippen molar-refractivity contribution in [2.45, 2.75) is 19.5 Å². The topological polar surface area (TPSA) is 69.6 Å². The number of benzene rings is 1. The second kappa shape index (κ2) is 6.00. The minimum Gasteiger partial charge on any atom is -0.480 e. The van der Waals surface area contributed by atoms with Gasteiger partial charge in [-0.15, -0.1) is 0 Å².